The van der Waals surface area contributed by atoms with Crippen molar-refractivity contribution in [1.82, 2.24) is 15.2 Å². The summed E-state index contributed by atoms with van der Waals surface area (Å²) in [6.45, 7) is 0. The van der Waals surface area contributed by atoms with Gasteiger partial charge in [-0.1, -0.05) is 0 Å². The minimum absolute atomic E-state index is 0.141. The van der Waals surface area contributed by atoms with Gasteiger partial charge in [-0.2, -0.15) is 10.1 Å². The van der Waals surface area contributed by atoms with Crippen molar-refractivity contribution in [3.63, 3.8) is 0 Å². The Labute approximate surface area is 106 Å². The molecule has 0 spiro atoms. The van der Waals surface area contributed by atoms with Gasteiger partial charge in [0.1, 0.15) is 12.1 Å². The highest BCUT2D eigenvalue weighted by Crippen LogP contribution is 2.33. The number of benzene rings is 1. The molecule has 0 radical (unpaired) electrons. The summed E-state index contributed by atoms with van der Waals surface area (Å²) in [6, 6.07) is 2.54. The molecule has 0 amide bonds. The van der Waals surface area contributed by atoms with Crippen molar-refractivity contribution in [1.29, 1.82) is 0 Å². The summed E-state index contributed by atoms with van der Waals surface area (Å²) in [7, 11) is 1.37. The zero-order valence-electron chi connectivity index (χ0n) is 9.77. The fourth-order valence-corrected chi connectivity index (χ4v) is 1.36. The Bertz CT molecular complexity index is 623. The Kier molecular flexibility index (Phi) is 3.37. The molecule has 2 N–H and O–H groups in total. The number of aromatic hydroxyl groups is 1. The van der Waals surface area contributed by atoms with Crippen LogP contribution in [0.5, 0.6) is 11.5 Å². The van der Waals surface area contributed by atoms with Gasteiger partial charge in [0.25, 0.3) is 0 Å². The van der Waals surface area contributed by atoms with Crippen LogP contribution in [0.15, 0.2) is 23.5 Å². The second-order valence-electron chi connectivity index (χ2n) is 3.41. The molecule has 19 heavy (non-hydrogen) atoms. The summed E-state index contributed by atoms with van der Waals surface area (Å²) in [6.07, 6.45) is 2.49. The van der Waals surface area contributed by atoms with E-state index in [2.05, 4.69) is 20.2 Å². The van der Waals surface area contributed by atoms with E-state index in [9.17, 15) is 15.2 Å². The quantitative estimate of drug-likeness (QED) is 0.484. The number of aliphatic imine (C=N–C) groups is 1. The van der Waals surface area contributed by atoms with Crippen molar-refractivity contribution in [3.05, 3.63) is 34.1 Å². The number of phenols is 1. The average Bonchev–Trinajstić information content (AvgIpc) is 2.90. The molecule has 0 atom stereocenters. The molecule has 0 aliphatic heterocycles. The van der Waals surface area contributed by atoms with Crippen molar-refractivity contribution >= 4 is 17.9 Å². The van der Waals surface area contributed by atoms with Crippen LogP contribution >= 0.6 is 0 Å². The predicted octanol–water partition coefficient (Wildman–Crippen LogP) is 1.18. The van der Waals surface area contributed by atoms with E-state index < -0.39 is 16.4 Å². The second kappa shape index (κ2) is 5.12. The predicted molar refractivity (Wildman–Crippen MR) is 64.9 cm³/mol. The first-order valence-corrected chi connectivity index (χ1v) is 5.06. The lowest BCUT2D eigenvalue weighted by atomic mass is 10.1. The fraction of sp³-hybridized carbons (Fsp3) is 0.100. The van der Waals surface area contributed by atoms with Crippen molar-refractivity contribution in [3.8, 4) is 11.5 Å². The summed E-state index contributed by atoms with van der Waals surface area (Å²) in [4.78, 5) is 17.7. The number of methoxy groups -OCH3 is 1. The van der Waals surface area contributed by atoms with E-state index in [1.54, 1.807) is 0 Å². The lowest BCUT2D eigenvalue weighted by Gasteiger charge is -2.04. The molecule has 0 saturated carbocycles. The lowest BCUT2D eigenvalue weighted by molar-refractivity contribution is -0.385. The Hall–Kier alpha value is -2.97. The van der Waals surface area contributed by atoms with E-state index in [0.717, 1.165) is 6.07 Å². The molecule has 98 valence electrons. The maximum absolute atomic E-state index is 10.8. The van der Waals surface area contributed by atoms with E-state index in [0.29, 0.717) is 0 Å². The number of hydrogen-bond acceptors (Lipinski definition) is 7. The number of rotatable bonds is 4. The number of nitro groups is 1. The zero-order chi connectivity index (χ0) is 13.8. The third-order valence-corrected chi connectivity index (χ3v) is 2.25. The van der Waals surface area contributed by atoms with Gasteiger partial charge in [-0.15, -0.1) is 0 Å². The van der Waals surface area contributed by atoms with Gasteiger partial charge >= 0.3 is 5.69 Å². The molecule has 9 heteroatoms. The number of H-pyrrole nitrogens is 1. The van der Waals surface area contributed by atoms with Crippen LogP contribution in [-0.2, 0) is 0 Å². The summed E-state index contributed by atoms with van der Waals surface area (Å²) in [5.41, 5.74) is -0.319. The van der Waals surface area contributed by atoms with Gasteiger partial charge in [0.2, 0.25) is 11.7 Å². The zero-order valence-corrected chi connectivity index (χ0v) is 9.77. The molecule has 9 nitrogen and oxygen atoms in total. The van der Waals surface area contributed by atoms with Crippen molar-refractivity contribution in [2.45, 2.75) is 0 Å². The Morgan fingerprint density at radius 2 is 2.37 bits per heavy atom. The SMILES string of the molecule is COc1cc(/C=N/c2ncn[nH]2)c(O)c([N+](=O)[O-])c1. The standard InChI is InChI=1S/C10H9N5O4/c1-19-7-2-6(4-11-10-12-5-13-14-10)9(16)8(3-7)15(17)18/h2-5,16H,1H3,(H,12,13,14)/b11-4+. The van der Waals surface area contributed by atoms with Crippen molar-refractivity contribution in [2.75, 3.05) is 7.11 Å². The highest BCUT2D eigenvalue weighted by Gasteiger charge is 2.18. The molecule has 1 aromatic carbocycles. The smallest absolute Gasteiger partial charge is 0.315 e. The number of aromatic amines is 1. The Morgan fingerprint density at radius 3 is 2.95 bits per heavy atom. The topological polar surface area (TPSA) is 127 Å². The second-order valence-corrected chi connectivity index (χ2v) is 3.41. The summed E-state index contributed by atoms with van der Waals surface area (Å²) < 4.78 is 4.92. The van der Waals surface area contributed by atoms with Gasteiger partial charge in [-0.05, 0) is 6.07 Å². The van der Waals surface area contributed by atoms with E-state index >= 15 is 0 Å². The van der Waals surface area contributed by atoms with E-state index in [4.69, 9.17) is 4.74 Å². The molecular formula is C10H9N5O4. The van der Waals surface area contributed by atoms with Crippen molar-refractivity contribution in [2.24, 2.45) is 4.99 Å². The number of aromatic nitrogens is 3. The first-order chi connectivity index (χ1) is 9.11. The van der Waals surface area contributed by atoms with E-state index in [1.807, 2.05) is 0 Å². The van der Waals surface area contributed by atoms with Crippen LogP contribution in [-0.4, -0.2) is 38.5 Å². The molecule has 0 fully saturated rings. The summed E-state index contributed by atoms with van der Waals surface area (Å²) in [5, 5.41) is 26.6. The molecule has 0 aliphatic carbocycles. The molecule has 1 heterocycles. The number of phenolic OH excluding ortho intramolecular Hbond substituents is 1. The molecule has 0 saturated heterocycles. The fourth-order valence-electron chi connectivity index (χ4n) is 1.36. The highest BCUT2D eigenvalue weighted by molar-refractivity contribution is 5.87. The molecule has 2 aromatic rings. The maximum atomic E-state index is 10.8. The first-order valence-electron chi connectivity index (χ1n) is 5.06. The average molecular weight is 263 g/mol. The molecule has 1 aromatic heterocycles. The minimum atomic E-state index is -0.705. The number of nitrogens with one attached hydrogen (secondary N) is 1. The van der Waals surface area contributed by atoms with Gasteiger partial charge in [0.05, 0.1) is 18.1 Å². The third kappa shape index (κ3) is 2.65. The molecule has 2 rings (SSSR count). The van der Waals surface area contributed by atoms with Crippen LogP contribution in [0.4, 0.5) is 11.6 Å². The normalized spacial score (nSPS) is 10.8. The van der Waals surface area contributed by atoms with Crippen LogP contribution in [0.1, 0.15) is 5.56 Å². The lowest BCUT2D eigenvalue weighted by Crippen LogP contribution is -1.94. The van der Waals surface area contributed by atoms with E-state index in [1.165, 1.54) is 25.7 Å². The van der Waals surface area contributed by atoms with Gasteiger partial charge in [0, 0.05) is 11.8 Å². The molecule has 0 unspecified atom stereocenters. The first kappa shape index (κ1) is 12.5. The van der Waals surface area contributed by atoms with Gasteiger partial charge in [0.15, 0.2) is 0 Å². The van der Waals surface area contributed by atoms with Crippen LogP contribution in [0, 0.1) is 10.1 Å². The molecular weight excluding hydrogens is 254 g/mol. The molecule has 0 bridgehead atoms. The third-order valence-electron chi connectivity index (χ3n) is 2.25. The van der Waals surface area contributed by atoms with Gasteiger partial charge in [-0.25, -0.2) is 10.1 Å². The summed E-state index contributed by atoms with van der Waals surface area (Å²) in [5.74, 6) is -0.0394. The molecule has 0 aliphatic rings. The van der Waals surface area contributed by atoms with Gasteiger partial charge < -0.3 is 9.84 Å². The Morgan fingerprint density at radius 1 is 1.58 bits per heavy atom. The minimum Gasteiger partial charge on any atom is -0.502 e. The number of ether oxygens (including phenoxy) is 1. The number of hydrogen-bond donors (Lipinski definition) is 2. The van der Waals surface area contributed by atoms with E-state index in [-0.39, 0.29) is 17.3 Å². The number of nitro benzene ring substituents is 1. The number of nitrogens with zero attached hydrogens (tertiary/aromatic N) is 4. The Balaban J connectivity index is 2.44. The highest BCUT2D eigenvalue weighted by atomic mass is 16.6. The van der Waals surface area contributed by atoms with Crippen molar-refractivity contribution < 1.29 is 14.8 Å². The van der Waals surface area contributed by atoms with Crippen LogP contribution in [0.25, 0.3) is 0 Å². The monoisotopic (exact) mass is 263 g/mol. The van der Waals surface area contributed by atoms with Crippen LogP contribution in [0.3, 0.4) is 0 Å². The van der Waals surface area contributed by atoms with Crippen LogP contribution in [0.2, 0.25) is 0 Å². The van der Waals surface area contributed by atoms with Crippen LogP contribution < -0.4 is 4.74 Å². The largest absolute Gasteiger partial charge is 0.502 e. The van der Waals surface area contributed by atoms with Gasteiger partial charge in [-0.3, -0.25) is 10.1 Å². The maximum Gasteiger partial charge on any atom is 0.315 e. The summed E-state index contributed by atoms with van der Waals surface area (Å²) >= 11 is 0.